The number of carbonyl (C=O) groups excluding carboxylic acids is 2. The van der Waals surface area contributed by atoms with Crippen LogP contribution in [0.15, 0.2) is 54.7 Å². The largest absolute Gasteiger partial charge is 0.491 e. The lowest BCUT2D eigenvalue weighted by Gasteiger charge is -2.14. The van der Waals surface area contributed by atoms with E-state index in [2.05, 4.69) is 10.4 Å². The lowest BCUT2D eigenvalue weighted by molar-refractivity contribution is 0.0563. The molecule has 4 rings (SSSR count). The van der Waals surface area contributed by atoms with Gasteiger partial charge in [-0.25, -0.2) is 15.4 Å². The van der Waals surface area contributed by atoms with E-state index >= 15 is 0 Å². The molecule has 8 heteroatoms. The Labute approximate surface area is 171 Å². The number of hydrogen-bond donors (Lipinski definition) is 1. The minimum atomic E-state index is -0.334. The molecule has 0 saturated heterocycles. The fourth-order valence-corrected chi connectivity index (χ4v) is 3.80. The number of rotatable bonds is 8. The molecule has 7 nitrogen and oxygen atoms in total. The average molecular weight is 409 g/mol. The molecule has 0 bridgehead atoms. The maximum absolute atomic E-state index is 12.4. The van der Waals surface area contributed by atoms with E-state index < -0.39 is 0 Å². The Morgan fingerprint density at radius 2 is 1.69 bits per heavy atom. The van der Waals surface area contributed by atoms with Gasteiger partial charge in [-0.15, -0.1) is 11.3 Å². The number of aromatic nitrogens is 1. The molecule has 29 heavy (non-hydrogen) atoms. The first-order chi connectivity index (χ1) is 14.2. The number of methoxy groups -OCH3 is 1. The first kappa shape index (κ1) is 19.3. The third kappa shape index (κ3) is 4.04. The second-order valence-corrected chi connectivity index (χ2v) is 7.44. The molecule has 0 atom stereocenters. The number of hydrazine groups is 1. The van der Waals surface area contributed by atoms with Gasteiger partial charge in [0.05, 0.1) is 24.3 Å². The van der Waals surface area contributed by atoms with Gasteiger partial charge < -0.3 is 9.47 Å². The summed E-state index contributed by atoms with van der Waals surface area (Å²) in [6, 6.07) is 14.5. The van der Waals surface area contributed by atoms with E-state index in [0.29, 0.717) is 30.9 Å². The third-order valence-corrected chi connectivity index (χ3v) is 5.46. The molecule has 1 aromatic heterocycles. The minimum Gasteiger partial charge on any atom is -0.491 e. The van der Waals surface area contributed by atoms with E-state index in [1.54, 1.807) is 37.6 Å². The Morgan fingerprint density at radius 3 is 2.34 bits per heavy atom. The number of imide groups is 1. The van der Waals surface area contributed by atoms with Crippen molar-refractivity contribution in [1.82, 2.24) is 15.4 Å². The lowest BCUT2D eigenvalue weighted by Crippen LogP contribution is -2.41. The molecule has 2 amide bonds. The molecule has 2 heterocycles. The second-order valence-electron chi connectivity index (χ2n) is 6.32. The van der Waals surface area contributed by atoms with Gasteiger partial charge >= 0.3 is 0 Å². The van der Waals surface area contributed by atoms with Gasteiger partial charge in [-0.2, -0.15) is 0 Å². The van der Waals surface area contributed by atoms with Crippen LogP contribution in [0, 0.1) is 0 Å². The van der Waals surface area contributed by atoms with Crippen molar-refractivity contribution in [2.45, 2.75) is 6.54 Å². The highest BCUT2D eigenvalue weighted by atomic mass is 32.1. The lowest BCUT2D eigenvalue weighted by atomic mass is 10.1. The van der Waals surface area contributed by atoms with Crippen LogP contribution in [0.1, 0.15) is 25.6 Å². The molecule has 0 spiro atoms. The summed E-state index contributed by atoms with van der Waals surface area (Å²) in [6.45, 7) is 1.37. The number of carbonyl (C=O) groups is 2. The Balaban J connectivity index is 1.38. The first-order valence-corrected chi connectivity index (χ1v) is 9.87. The first-order valence-electron chi connectivity index (χ1n) is 9.05. The topological polar surface area (TPSA) is 80.8 Å². The van der Waals surface area contributed by atoms with Crippen LogP contribution in [0.3, 0.4) is 0 Å². The molecule has 148 valence electrons. The van der Waals surface area contributed by atoms with Crippen LogP contribution in [0.4, 0.5) is 0 Å². The maximum atomic E-state index is 12.4. The summed E-state index contributed by atoms with van der Waals surface area (Å²) in [5.74, 6) is 0.105. The monoisotopic (exact) mass is 409 g/mol. The van der Waals surface area contributed by atoms with Crippen LogP contribution in [0.25, 0.3) is 10.6 Å². The van der Waals surface area contributed by atoms with Gasteiger partial charge in [-0.1, -0.05) is 12.1 Å². The minimum absolute atomic E-state index is 0.334. The van der Waals surface area contributed by atoms with Crippen molar-refractivity contribution in [1.29, 1.82) is 0 Å². The molecular weight excluding hydrogens is 390 g/mol. The molecule has 0 saturated carbocycles. The maximum Gasteiger partial charge on any atom is 0.276 e. The third-order valence-electron chi connectivity index (χ3n) is 4.42. The van der Waals surface area contributed by atoms with Crippen LogP contribution in [-0.2, 0) is 11.3 Å². The molecule has 0 unspecified atom stereocenters. The van der Waals surface area contributed by atoms with Crippen molar-refractivity contribution in [3.63, 3.8) is 0 Å². The fourth-order valence-electron chi connectivity index (χ4n) is 2.95. The van der Waals surface area contributed by atoms with Crippen LogP contribution < -0.4 is 10.2 Å². The quantitative estimate of drug-likeness (QED) is 0.455. The number of amides is 2. The van der Waals surface area contributed by atoms with Gasteiger partial charge in [0.15, 0.2) is 0 Å². The van der Waals surface area contributed by atoms with Crippen molar-refractivity contribution in [2.75, 3.05) is 20.3 Å². The van der Waals surface area contributed by atoms with Gasteiger partial charge in [0.25, 0.3) is 11.8 Å². The zero-order valence-corrected chi connectivity index (χ0v) is 16.6. The molecule has 1 N–H and O–H groups in total. The molecule has 1 aliphatic heterocycles. The van der Waals surface area contributed by atoms with E-state index in [9.17, 15) is 9.59 Å². The predicted octanol–water partition coefficient (Wildman–Crippen LogP) is 3.14. The molecule has 2 aromatic carbocycles. The number of benzene rings is 2. The smallest absolute Gasteiger partial charge is 0.276 e. The Bertz CT molecular complexity index is 997. The van der Waals surface area contributed by atoms with Crippen molar-refractivity contribution in [2.24, 2.45) is 0 Å². The zero-order chi connectivity index (χ0) is 20.2. The average Bonchev–Trinajstić information content (AvgIpc) is 3.31. The summed E-state index contributed by atoms with van der Waals surface area (Å²) in [4.78, 5) is 30.1. The second kappa shape index (κ2) is 8.52. The number of hydrogen-bond acceptors (Lipinski definition) is 7. The number of ether oxygens (including phenoxy) is 2. The predicted molar refractivity (Wildman–Crippen MR) is 109 cm³/mol. The van der Waals surface area contributed by atoms with E-state index in [-0.39, 0.29) is 11.8 Å². The van der Waals surface area contributed by atoms with Gasteiger partial charge in [0.1, 0.15) is 17.4 Å². The highest BCUT2D eigenvalue weighted by molar-refractivity contribution is 7.15. The highest BCUT2D eigenvalue weighted by Crippen LogP contribution is 2.27. The SMILES string of the molecule is COCCOc1ccc(-c2ncc(CNN3C(=O)c4ccccc4C3=O)s2)cc1. The summed E-state index contributed by atoms with van der Waals surface area (Å²) < 4.78 is 10.5. The number of thiazole rings is 1. The number of nitrogens with one attached hydrogen (secondary N) is 1. The Kier molecular flexibility index (Phi) is 5.66. The van der Waals surface area contributed by atoms with E-state index in [1.165, 1.54) is 11.3 Å². The van der Waals surface area contributed by atoms with E-state index in [1.807, 2.05) is 24.3 Å². The highest BCUT2D eigenvalue weighted by Gasteiger charge is 2.35. The molecular formula is C21H19N3O4S. The van der Waals surface area contributed by atoms with Crippen LogP contribution in [0.5, 0.6) is 5.75 Å². The molecule has 0 fully saturated rings. The summed E-state index contributed by atoms with van der Waals surface area (Å²) in [7, 11) is 1.63. The normalized spacial score (nSPS) is 13.1. The van der Waals surface area contributed by atoms with Crippen LogP contribution in [-0.4, -0.2) is 42.1 Å². The summed E-state index contributed by atoms with van der Waals surface area (Å²) in [5.41, 5.74) is 4.73. The van der Waals surface area contributed by atoms with Gasteiger partial charge in [-0.05, 0) is 36.4 Å². The number of nitrogens with zero attached hydrogens (tertiary/aromatic N) is 2. The number of fused-ring (bicyclic) bond motifs is 1. The molecule has 0 radical (unpaired) electrons. The van der Waals surface area contributed by atoms with Crippen LogP contribution >= 0.6 is 11.3 Å². The van der Waals surface area contributed by atoms with Gasteiger partial charge in [-0.3, -0.25) is 9.59 Å². The van der Waals surface area contributed by atoms with Crippen molar-refractivity contribution < 1.29 is 19.1 Å². The van der Waals surface area contributed by atoms with E-state index in [4.69, 9.17) is 9.47 Å². The fraction of sp³-hybridized carbons (Fsp3) is 0.190. The van der Waals surface area contributed by atoms with Gasteiger partial charge in [0.2, 0.25) is 0 Å². The molecule has 1 aliphatic rings. The van der Waals surface area contributed by atoms with Crippen molar-refractivity contribution in [3.05, 3.63) is 70.7 Å². The standard InChI is InChI=1S/C21H19N3O4S/c1-27-10-11-28-15-8-6-14(7-9-15)19-22-12-16(29-19)13-23-24-20(25)17-4-2-3-5-18(17)21(24)26/h2-9,12,23H,10-11,13H2,1H3. The Morgan fingerprint density at radius 1 is 1.00 bits per heavy atom. The molecule has 0 aliphatic carbocycles. The van der Waals surface area contributed by atoms with Crippen LogP contribution in [0.2, 0.25) is 0 Å². The summed E-state index contributed by atoms with van der Waals surface area (Å²) >= 11 is 1.50. The molecule has 3 aromatic rings. The summed E-state index contributed by atoms with van der Waals surface area (Å²) in [5, 5.41) is 1.92. The van der Waals surface area contributed by atoms with Gasteiger partial charge in [0, 0.05) is 23.7 Å². The van der Waals surface area contributed by atoms with Crippen molar-refractivity contribution in [3.8, 4) is 16.3 Å². The van der Waals surface area contributed by atoms with E-state index in [0.717, 1.165) is 26.2 Å². The summed E-state index contributed by atoms with van der Waals surface area (Å²) in [6.07, 6.45) is 1.74. The van der Waals surface area contributed by atoms with Crippen molar-refractivity contribution >= 4 is 23.2 Å². The zero-order valence-electron chi connectivity index (χ0n) is 15.8. The Hall–Kier alpha value is -3.07.